The zero-order valence-corrected chi connectivity index (χ0v) is 16.6. The van der Waals surface area contributed by atoms with E-state index < -0.39 is 5.72 Å². The fourth-order valence-corrected chi connectivity index (χ4v) is 4.85. The van der Waals surface area contributed by atoms with Gasteiger partial charge in [0.05, 0.1) is 29.4 Å². The first-order valence-corrected chi connectivity index (χ1v) is 10.2. The van der Waals surface area contributed by atoms with Gasteiger partial charge in [0.1, 0.15) is 0 Å². The summed E-state index contributed by atoms with van der Waals surface area (Å²) in [7, 11) is 0. The van der Waals surface area contributed by atoms with Crippen LogP contribution in [0.25, 0.3) is 22.2 Å². The first-order chi connectivity index (χ1) is 14.7. The first-order valence-electron chi connectivity index (χ1n) is 10.2. The molecule has 0 radical (unpaired) electrons. The largest absolute Gasteiger partial charge is 0.349 e. The lowest BCUT2D eigenvalue weighted by Crippen LogP contribution is -2.44. The molecule has 0 N–H and O–H groups in total. The van der Waals surface area contributed by atoms with Gasteiger partial charge in [-0.1, -0.05) is 72.8 Å². The lowest BCUT2D eigenvalue weighted by molar-refractivity contribution is -0.0598. The molecule has 1 aromatic heterocycles. The number of carbonyl (C=O) groups excluding carboxylic acids is 1. The monoisotopic (exact) mass is 392 g/mol. The van der Waals surface area contributed by atoms with Gasteiger partial charge in [-0.3, -0.25) is 9.69 Å². The van der Waals surface area contributed by atoms with Gasteiger partial charge in [0.15, 0.2) is 5.72 Å². The van der Waals surface area contributed by atoms with E-state index in [1.54, 1.807) is 0 Å². The molecule has 3 heterocycles. The van der Waals surface area contributed by atoms with Crippen LogP contribution in [0.3, 0.4) is 0 Å². The maximum absolute atomic E-state index is 14.0. The van der Waals surface area contributed by atoms with Crippen molar-refractivity contribution in [1.29, 1.82) is 0 Å². The second-order valence-electron chi connectivity index (χ2n) is 8.02. The van der Waals surface area contributed by atoms with Crippen molar-refractivity contribution in [2.45, 2.75) is 18.7 Å². The second kappa shape index (κ2) is 6.25. The number of amides is 1. The Labute approximate surface area is 174 Å². The fraction of sp³-hybridized carbons (Fsp3) is 0.154. The van der Waals surface area contributed by atoms with Gasteiger partial charge in [-0.05, 0) is 24.6 Å². The van der Waals surface area contributed by atoms with Crippen LogP contribution in [0.4, 0.5) is 0 Å². The van der Waals surface area contributed by atoms with E-state index in [2.05, 4.69) is 18.2 Å². The van der Waals surface area contributed by atoms with Crippen LogP contribution in [0, 0.1) is 0 Å². The Hall–Kier alpha value is -3.50. The van der Waals surface area contributed by atoms with Gasteiger partial charge >= 0.3 is 0 Å². The Morgan fingerprint density at radius 1 is 0.933 bits per heavy atom. The smallest absolute Gasteiger partial charge is 0.259 e. The molecule has 1 fully saturated rings. The normalized spacial score (nSPS) is 22.4. The van der Waals surface area contributed by atoms with Gasteiger partial charge < -0.3 is 4.74 Å². The number of fused-ring (bicyclic) bond motifs is 6. The summed E-state index contributed by atoms with van der Waals surface area (Å²) in [5.41, 5.74) is 4.36. The number of nitrogens with zero attached hydrogens (tertiary/aromatic N) is 2. The fourth-order valence-electron chi connectivity index (χ4n) is 4.85. The highest BCUT2D eigenvalue weighted by Gasteiger charge is 2.52. The molecule has 0 bridgehead atoms. The summed E-state index contributed by atoms with van der Waals surface area (Å²) in [4.78, 5) is 20.9. The van der Waals surface area contributed by atoms with Crippen molar-refractivity contribution in [3.8, 4) is 11.3 Å². The summed E-state index contributed by atoms with van der Waals surface area (Å²) in [6.45, 7) is 2.45. The van der Waals surface area contributed by atoms with E-state index in [0.29, 0.717) is 12.2 Å². The van der Waals surface area contributed by atoms with Crippen molar-refractivity contribution < 1.29 is 9.53 Å². The summed E-state index contributed by atoms with van der Waals surface area (Å²) >= 11 is 0. The third-order valence-electron chi connectivity index (χ3n) is 6.33. The van der Waals surface area contributed by atoms with E-state index in [1.165, 1.54) is 0 Å². The van der Waals surface area contributed by atoms with Crippen molar-refractivity contribution >= 4 is 16.8 Å². The molecule has 3 aromatic carbocycles. The van der Waals surface area contributed by atoms with Crippen LogP contribution >= 0.6 is 0 Å². The van der Waals surface area contributed by atoms with Gasteiger partial charge in [0, 0.05) is 16.5 Å². The Kier molecular flexibility index (Phi) is 3.62. The summed E-state index contributed by atoms with van der Waals surface area (Å²) in [5.74, 6) is -0.0479. The van der Waals surface area contributed by atoms with E-state index in [9.17, 15) is 4.79 Å². The van der Waals surface area contributed by atoms with E-state index >= 15 is 0 Å². The van der Waals surface area contributed by atoms with Crippen LogP contribution < -0.4 is 0 Å². The molecule has 4 heteroatoms. The average molecular weight is 392 g/mol. The number of aromatic nitrogens is 1. The minimum Gasteiger partial charge on any atom is -0.349 e. The number of carbonyl (C=O) groups is 1. The predicted molar refractivity (Wildman–Crippen MR) is 116 cm³/mol. The number of ether oxygens (including phenoxy) is 1. The van der Waals surface area contributed by atoms with Crippen LogP contribution in [-0.2, 0) is 10.5 Å². The van der Waals surface area contributed by atoms with Gasteiger partial charge in [0.25, 0.3) is 5.91 Å². The summed E-state index contributed by atoms with van der Waals surface area (Å²) in [5, 5.41) is 0.960. The Bertz CT molecular complexity index is 1300. The Morgan fingerprint density at radius 2 is 1.67 bits per heavy atom. The highest BCUT2D eigenvalue weighted by atomic mass is 16.5. The van der Waals surface area contributed by atoms with E-state index in [1.807, 2.05) is 78.6 Å². The van der Waals surface area contributed by atoms with E-state index in [4.69, 9.17) is 9.72 Å². The minimum absolute atomic E-state index is 0.0479. The molecule has 1 saturated heterocycles. The lowest BCUT2D eigenvalue weighted by Gasteiger charge is -2.36. The molecule has 4 aromatic rings. The molecule has 0 saturated carbocycles. The molecule has 2 atom stereocenters. The number of para-hydroxylation sites is 1. The van der Waals surface area contributed by atoms with Crippen LogP contribution in [0.1, 0.15) is 34.5 Å². The van der Waals surface area contributed by atoms with Gasteiger partial charge in [-0.15, -0.1) is 0 Å². The molecular weight excluding hydrogens is 372 g/mol. The average Bonchev–Trinajstić information content (AvgIpc) is 3.13. The molecule has 0 aliphatic carbocycles. The van der Waals surface area contributed by atoms with Crippen molar-refractivity contribution in [3.05, 3.63) is 102 Å². The lowest BCUT2D eigenvalue weighted by atomic mass is 9.95. The molecule has 2 aliphatic rings. The molecule has 30 heavy (non-hydrogen) atoms. The number of rotatable bonds is 1. The zero-order chi connectivity index (χ0) is 20.3. The molecule has 4 nitrogen and oxygen atoms in total. The molecule has 0 spiro atoms. The SMILES string of the molecule is C[C@@]12OC[C@@H](c3ccccc3)N1C(=O)c1cc3ccccc3nc1-c1ccccc12. The van der Waals surface area contributed by atoms with Crippen molar-refractivity contribution in [1.82, 2.24) is 9.88 Å². The van der Waals surface area contributed by atoms with Gasteiger partial charge in [0.2, 0.25) is 0 Å². The molecule has 146 valence electrons. The van der Waals surface area contributed by atoms with Crippen LogP contribution in [0.2, 0.25) is 0 Å². The summed E-state index contributed by atoms with van der Waals surface area (Å²) in [6, 6.07) is 27.9. The van der Waals surface area contributed by atoms with Crippen molar-refractivity contribution in [3.63, 3.8) is 0 Å². The first kappa shape index (κ1) is 17.4. The minimum atomic E-state index is -0.860. The van der Waals surface area contributed by atoms with Gasteiger partial charge in [-0.2, -0.15) is 0 Å². The molecule has 6 rings (SSSR count). The number of pyridine rings is 1. The topological polar surface area (TPSA) is 42.4 Å². The quantitative estimate of drug-likeness (QED) is 0.441. The summed E-state index contributed by atoms with van der Waals surface area (Å²) < 4.78 is 6.39. The molecule has 1 amide bonds. The number of hydrogen-bond donors (Lipinski definition) is 0. The predicted octanol–water partition coefficient (Wildman–Crippen LogP) is 5.30. The Morgan fingerprint density at radius 3 is 2.53 bits per heavy atom. The van der Waals surface area contributed by atoms with Gasteiger partial charge in [-0.25, -0.2) is 4.98 Å². The maximum atomic E-state index is 14.0. The zero-order valence-electron chi connectivity index (χ0n) is 16.6. The number of benzene rings is 3. The molecular formula is C26H20N2O2. The Balaban J connectivity index is 1.66. The van der Waals surface area contributed by atoms with Crippen LogP contribution in [0.5, 0.6) is 0 Å². The highest BCUT2D eigenvalue weighted by Crippen LogP contribution is 2.50. The van der Waals surface area contributed by atoms with Crippen LogP contribution in [-0.4, -0.2) is 22.4 Å². The second-order valence-corrected chi connectivity index (χ2v) is 8.02. The third-order valence-corrected chi connectivity index (χ3v) is 6.33. The highest BCUT2D eigenvalue weighted by molar-refractivity contribution is 6.05. The third kappa shape index (κ3) is 2.31. The van der Waals surface area contributed by atoms with Crippen LogP contribution in [0.15, 0.2) is 84.9 Å². The number of hydrogen-bond acceptors (Lipinski definition) is 3. The molecule has 0 unspecified atom stereocenters. The van der Waals surface area contributed by atoms with Crippen molar-refractivity contribution in [2.75, 3.05) is 6.61 Å². The van der Waals surface area contributed by atoms with Crippen molar-refractivity contribution in [2.24, 2.45) is 0 Å². The maximum Gasteiger partial charge on any atom is 0.259 e. The van der Waals surface area contributed by atoms with E-state index in [-0.39, 0.29) is 11.9 Å². The standard InChI is InChI=1S/C26H20N2O2/c1-26-21-13-7-6-12-19(21)24-20(15-18-11-5-8-14-22(18)27-24)25(29)28(26)23(16-30-26)17-9-3-2-4-10-17/h2-15,23H,16H2,1H3/t23-,26-/m0/s1. The van der Waals surface area contributed by atoms with E-state index in [0.717, 1.165) is 33.3 Å². The molecule has 2 aliphatic heterocycles. The summed E-state index contributed by atoms with van der Waals surface area (Å²) in [6.07, 6.45) is 0.